The average molecular weight is 521 g/mol. The molecular weight excluding hydrogens is 504 g/mol. The third kappa shape index (κ3) is 5.31. The average Bonchev–Trinajstić information content (AvgIpc) is 3.67. The highest BCUT2D eigenvalue weighted by Crippen LogP contribution is 2.31. The second kappa shape index (κ2) is 10.5. The molecule has 13 heteroatoms. The molecule has 0 saturated carbocycles. The molecule has 36 heavy (non-hydrogen) atoms. The quantitative estimate of drug-likeness (QED) is 0.149. The van der Waals surface area contributed by atoms with Crippen molar-refractivity contribution in [1.29, 1.82) is 0 Å². The van der Waals surface area contributed by atoms with Gasteiger partial charge in [0.25, 0.3) is 5.69 Å². The number of benzene rings is 1. The minimum atomic E-state index is -0.461. The van der Waals surface area contributed by atoms with E-state index in [-0.39, 0.29) is 18.0 Å². The van der Waals surface area contributed by atoms with Crippen molar-refractivity contribution in [3.63, 3.8) is 0 Å². The van der Waals surface area contributed by atoms with Gasteiger partial charge >= 0.3 is 0 Å². The highest BCUT2D eigenvalue weighted by Gasteiger charge is 2.18. The Hall–Kier alpha value is -4.36. The fourth-order valence-corrected chi connectivity index (χ4v) is 4.66. The van der Waals surface area contributed by atoms with Gasteiger partial charge < -0.3 is 14.2 Å². The summed E-state index contributed by atoms with van der Waals surface area (Å²) < 4.78 is 10.9. The van der Waals surface area contributed by atoms with Crippen LogP contribution in [0.2, 0.25) is 0 Å². The van der Waals surface area contributed by atoms with Crippen LogP contribution in [0.5, 0.6) is 0 Å². The molecule has 180 valence electrons. The van der Waals surface area contributed by atoms with Gasteiger partial charge in [-0.05, 0) is 24.3 Å². The Balaban J connectivity index is 1.20. The van der Waals surface area contributed by atoms with E-state index >= 15 is 0 Å². The molecule has 1 aromatic carbocycles. The zero-order chi connectivity index (χ0) is 24.9. The summed E-state index contributed by atoms with van der Waals surface area (Å²) in [4.78, 5) is 31.9. The number of rotatable bonds is 9. The fourth-order valence-electron chi connectivity index (χ4n) is 3.20. The third-order valence-corrected chi connectivity index (χ3v) is 6.44. The summed E-state index contributed by atoms with van der Waals surface area (Å²) >= 11 is 2.53. The summed E-state index contributed by atoms with van der Waals surface area (Å²) in [6.07, 6.45) is 3.28. The number of thioether (sulfide) groups is 1. The van der Waals surface area contributed by atoms with Gasteiger partial charge in [-0.15, -0.1) is 21.5 Å². The van der Waals surface area contributed by atoms with E-state index in [0.717, 1.165) is 0 Å². The Morgan fingerprint density at radius 2 is 1.81 bits per heavy atom. The highest BCUT2D eigenvalue weighted by molar-refractivity contribution is 7.99. The molecule has 0 bridgehead atoms. The molecule has 5 rings (SSSR count). The van der Waals surface area contributed by atoms with E-state index < -0.39 is 4.92 Å². The molecular formula is C23H16N6O5S2. The van der Waals surface area contributed by atoms with Gasteiger partial charge in [0.2, 0.25) is 11.1 Å². The molecule has 0 saturated heterocycles. The molecule has 0 aliphatic heterocycles. The Labute approximate surface area is 211 Å². The van der Waals surface area contributed by atoms with Gasteiger partial charge in [-0.1, -0.05) is 23.9 Å². The SMILES string of the molecule is O=C(CCSc1nnc(-c2ccco2)c(-c2ccco2)n1)Nc1nc(-c2cccc([N+](=O)[O-])c2)cs1. The van der Waals surface area contributed by atoms with Crippen molar-refractivity contribution in [1.82, 2.24) is 20.2 Å². The van der Waals surface area contributed by atoms with Gasteiger partial charge in [-0.25, -0.2) is 9.97 Å². The first-order valence-electron chi connectivity index (χ1n) is 10.5. The van der Waals surface area contributed by atoms with E-state index in [1.807, 2.05) is 0 Å². The topological polar surface area (TPSA) is 150 Å². The highest BCUT2D eigenvalue weighted by atomic mass is 32.2. The second-order valence-electron chi connectivity index (χ2n) is 7.24. The van der Waals surface area contributed by atoms with Gasteiger partial charge in [0.1, 0.15) is 5.69 Å². The molecule has 0 spiro atoms. The van der Waals surface area contributed by atoms with Gasteiger partial charge in [0, 0.05) is 35.2 Å². The predicted octanol–water partition coefficient (Wildman–Crippen LogP) is 5.54. The number of non-ortho nitro benzene ring substituents is 1. The van der Waals surface area contributed by atoms with Crippen molar-refractivity contribution in [3.8, 4) is 34.2 Å². The number of aromatic nitrogens is 4. The molecule has 5 aromatic rings. The first-order chi connectivity index (χ1) is 17.6. The molecule has 1 N–H and O–H groups in total. The number of hydrogen-bond acceptors (Lipinski definition) is 11. The van der Waals surface area contributed by atoms with Crippen LogP contribution >= 0.6 is 23.1 Å². The van der Waals surface area contributed by atoms with Crippen LogP contribution in [0.1, 0.15) is 6.42 Å². The van der Waals surface area contributed by atoms with Gasteiger partial charge in [0.15, 0.2) is 22.3 Å². The minimum Gasteiger partial charge on any atom is -0.463 e. The smallest absolute Gasteiger partial charge is 0.270 e. The zero-order valence-corrected chi connectivity index (χ0v) is 20.0. The minimum absolute atomic E-state index is 0.0211. The van der Waals surface area contributed by atoms with E-state index in [0.29, 0.717) is 50.2 Å². The number of nitro groups is 1. The molecule has 0 aliphatic rings. The molecule has 1 amide bonds. The number of nitro benzene ring substituents is 1. The summed E-state index contributed by atoms with van der Waals surface area (Å²) in [5.41, 5.74) is 2.09. The number of nitrogens with one attached hydrogen (secondary N) is 1. The lowest BCUT2D eigenvalue weighted by Crippen LogP contribution is -2.12. The maximum Gasteiger partial charge on any atom is 0.270 e. The van der Waals surface area contributed by atoms with Crippen LogP contribution in [-0.2, 0) is 4.79 Å². The summed E-state index contributed by atoms with van der Waals surface area (Å²) in [7, 11) is 0. The standard InChI is InChI=1S/C23H16N6O5S2/c30-19(25-22-24-16(13-36-22)14-4-1-5-15(12-14)29(31)32)8-11-35-23-26-20(17-6-2-9-33-17)21(27-28-23)18-7-3-10-34-18/h1-7,9-10,12-13H,8,11H2,(H,24,25,30). The van der Waals surface area contributed by atoms with Gasteiger partial charge in [0.05, 0.1) is 23.1 Å². The Morgan fingerprint density at radius 1 is 1.03 bits per heavy atom. The van der Waals surface area contributed by atoms with Crippen molar-refractivity contribution < 1.29 is 18.6 Å². The van der Waals surface area contributed by atoms with E-state index in [1.165, 1.54) is 35.2 Å². The summed E-state index contributed by atoms with van der Waals surface area (Å²) in [6, 6.07) is 13.2. The Bertz CT molecular complexity index is 1500. The summed E-state index contributed by atoms with van der Waals surface area (Å²) in [6.45, 7) is 0. The van der Waals surface area contributed by atoms with Crippen LogP contribution in [0, 0.1) is 10.1 Å². The van der Waals surface area contributed by atoms with Crippen molar-refractivity contribution in [3.05, 3.63) is 76.6 Å². The number of hydrogen-bond donors (Lipinski definition) is 1. The monoisotopic (exact) mass is 520 g/mol. The van der Waals surface area contributed by atoms with Gasteiger partial charge in [-0.3, -0.25) is 14.9 Å². The van der Waals surface area contributed by atoms with E-state index in [9.17, 15) is 14.9 Å². The van der Waals surface area contributed by atoms with Crippen LogP contribution in [0.25, 0.3) is 34.2 Å². The molecule has 4 heterocycles. The lowest BCUT2D eigenvalue weighted by Gasteiger charge is -2.05. The maximum atomic E-state index is 12.4. The molecule has 11 nitrogen and oxygen atoms in total. The lowest BCUT2D eigenvalue weighted by atomic mass is 10.1. The van der Waals surface area contributed by atoms with Crippen LogP contribution in [0.15, 0.2) is 80.4 Å². The normalized spacial score (nSPS) is 10.9. The van der Waals surface area contributed by atoms with Crippen molar-refractivity contribution in [2.24, 2.45) is 0 Å². The molecule has 0 aliphatic carbocycles. The molecule has 0 atom stereocenters. The number of thiazole rings is 1. The first-order valence-corrected chi connectivity index (χ1v) is 12.4. The first kappa shape index (κ1) is 23.4. The lowest BCUT2D eigenvalue weighted by molar-refractivity contribution is -0.384. The van der Waals surface area contributed by atoms with Crippen molar-refractivity contribution >= 4 is 39.8 Å². The van der Waals surface area contributed by atoms with E-state index in [2.05, 4.69) is 25.5 Å². The largest absolute Gasteiger partial charge is 0.463 e. The Kier molecular flexibility index (Phi) is 6.82. The summed E-state index contributed by atoms with van der Waals surface area (Å²) in [5, 5.41) is 24.7. The molecule has 4 aromatic heterocycles. The Morgan fingerprint density at radius 3 is 2.53 bits per heavy atom. The summed E-state index contributed by atoms with van der Waals surface area (Å²) in [5.74, 6) is 1.23. The zero-order valence-electron chi connectivity index (χ0n) is 18.4. The van der Waals surface area contributed by atoms with E-state index in [4.69, 9.17) is 8.83 Å². The van der Waals surface area contributed by atoms with Crippen LogP contribution in [0.3, 0.4) is 0 Å². The van der Waals surface area contributed by atoms with Crippen molar-refractivity contribution in [2.75, 3.05) is 11.1 Å². The molecule has 0 unspecified atom stereocenters. The number of carbonyl (C=O) groups excluding carboxylic acids is 1. The number of amides is 1. The fraction of sp³-hybridized carbons (Fsp3) is 0.0870. The number of carbonyl (C=O) groups is 1. The second-order valence-corrected chi connectivity index (χ2v) is 9.16. The predicted molar refractivity (Wildman–Crippen MR) is 133 cm³/mol. The van der Waals surface area contributed by atoms with Crippen LogP contribution < -0.4 is 5.32 Å². The van der Waals surface area contributed by atoms with Crippen molar-refractivity contribution in [2.45, 2.75) is 11.6 Å². The maximum absolute atomic E-state index is 12.4. The molecule has 0 radical (unpaired) electrons. The number of furan rings is 2. The van der Waals surface area contributed by atoms with Crippen LogP contribution in [-0.4, -0.2) is 36.7 Å². The van der Waals surface area contributed by atoms with Crippen LogP contribution in [0.4, 0.5) is 10.8 Å². The van der Waals surface area contributed by atoms with Gasteiger partial charge in [-0.2, -0.15) is 0 Å². The number of anilines is 1. The van der Waals surface area contributed by atoms with E-state index in [1.54, 1.807) is 54.3 Å². The number of nitrogens with zero attached hydrogens (tertiary/aromatic N) is 5. The molecule has 0 fully saturated rings. The third-order valence-electron chi connectivity index (χ3n) is 4.84.